The average Bonchev–Trinajstić information content (AvgIpc) is 2.15. The Bertz CT molecular complexity index is 389. The van der Waals surface area contributed by atoms with E-state index in [-0.39, 0.29) is 11.8 Å². The molecule has 0 aliphatic rings. The summed E-state index contributed by atoms with van der Waals surface area (Å²) in [5, 5.41) is 10.5. The van der Waals surface area contributed by atoms with Gasteiger partial charge in [-0.25, -0.2) is 0 Å². The zero-order valence-electron chi connectivity index (χ0n) is 10.2. The highest BCUT2D eigenvalue weighted by Crippen LogP contribution is 2.31. The van der Waals surface area contributed by atoms with Crippen molar-refractivity contribution in [1.82, 2.24) is 0 Å². The van der Waals surface area contributed by atoms with Crippen molar-refractivity contribution < 1.29 is 14.6 Å². The highest BCUT2D eigenvalue weighted by Gasteiger charge is 2.19. The fraction of sp³-hybridized carbons (Fsp3) is 0.462. The first-order chi connectivity index (χ1) is 7.34. The Morgan fingerprint density at radius 2 is 2.00 bits per heavy atom. The number of hydrogen-bond acceptors (Lipinski definition) is 3. The van der Waals surface area contributed by atoms with E-state index in [0.29, 0.717) is 0 Å². The Labute approximate surface area is 96.1 Å². The minimum absolute atomic E-state index is 0.0624. The Morgan fingerprint density at radius 1 is 1.38 bits per heavy atom. The molecule has 0 unspecified atom stereocenters. The molecule has 3 heteroatoms. The van der Waals surface area contributed by atoms with Crippen molar-refractivity contribution in [1.29, 1.82) is 0 Å². The topological polar surface area (TPSA) is 49.4 Å². The zero-order valence-corrected chi connectivity index (χ0v) is 10.2. The summed E-state index contributed by atoms with van der Waals surface area (Å²) in [5.41, 5.74) is 1.67. The van der Waals surface area contributed by atoms with Gasteiger partial charge >= 0.3 is 0 Å². The molecule has 0 spiro atoms. The summed E-state index contributed by atoms with van der Waals surface area (Å²) in [6.45, 7) is 6.19. The Kier molecular flexibility index (Phi) is 3.58. The van der Waals surface area contributed by atoms with Gasteiger partial charge in [0.2, 0.25) is 0 Å². The van der Waals surface area contributed by atoms with Crippen molar-refractivity contribution in [3.05, 3.63) is 29.3 Å². The minimum atomic E-state index is -1.06. The second-order valence-corrected chi connectivity index (χ2v) is 4.83. The molecule has 16 heavy (non-hydrogen) atoms. The summed E-state index contributed by atoms with van der Waals surface area (Å²) in [6.07, 6.45) is -0.0624. The van der Waals surface area contributed by atoms with Crippen molar-refractivity contribution in [3.63, 3.8) is 0 Å². The molecule has 88 valence electrons. The first-order valence-electron chi connectivity index (χ1n) is 5.22. The van der Waals surface area contributed by atoms with E-state index in [4.69, 9.17) is 4.74 Å². The smallest absolute Gasteiger partial charge is 0.122 e. The molecule has 0 amide bonds. The number of carboxylic acid groups (broad SMARTS) is 1. The van der Waals surface area contributed by atoms with E-state index >= 15 is 0 Å². The van der Waals surface area contributed by atoms with E-state index in [1.165, 1.54) is 0 Å². The van der Waals surface area contributed by atoms with Crippen LogP contribution in [0.2, 0.25) is 0 Å². The molecule has 0 aromatic heterocycles. The number of aliphatic carboxylic acids is 1. The van der Waals surface area contributed by atoms with Crippen LogP contribution in [0.5, 0.6) is 5.75 Å². The average molecular weight is 221 g/mol. The molecule has 1 aromatic carbocycles. The molecule has 0 bridgehead atoms. The van der Waals surface area contributed by atoms with Crippen LogP contribution in [0.25, 0.3) is 0 Å². The lowest BCUT2D eigenvalue weighted by atomic mass is 9.85. The van der Waals surface area contributed by atoms with Gasteiger partial charge in [-0.15, -0.1) is 0 Å². The van der Waals surface area contributed by atoms with E-state index in [0.717, 1.165) is 16.9 Å². The molecule has 3 nitrogen and oxygen atoms in total. The number of methoxy groups -OCH3 is 1. The first kappa shape index (κ1) is 12.6. The molecule has 0 radical (unpaired) electrons. The van der Waals surface area contributed by atoms with Gasteiger partial charge in [-0.3, -0.25) is 0 Å². The highest BCUT2D eigenvalue weighted by atomic mass is 16.5. The molecule has 0 aliphatic heterocycles. The van der Waals surface area contributed by atoms with E-state index in [2.05, 4.69) is 20.8 Å². The zero-order chi connectivity index (χ0) is 12.3. The Morgan fingerprint density at radius 3 is 2.44 bits per heavy atom. The third-order valence-corrected chi connectivity index (χ3v) is 2.42. The van der Waals surface area contributed by atoms with Crippen LogP contribution >= 0.6 is 0 Å². The predicted octanol–water partition coefficient (Wildman–Crippen LogP) is 1.29. The van der Waals surface area contributed by atoms with Crippen molar-refractivity contribution >= 4 is 5.97 Å². The number of ether oxygens (including phenoxy) is 1. The third-order valence-electron chi connectivity index (χ3n) is 2.42. The van der Waals surface area contributed by atoms with Crippen molar-refractivity contribution in [2.24, 2.45) is 0 Å². The van der Waals surface area contributed by atoms with Gasteiger partial charge in [-0.1, -0.05) is 32.9 Å². The van der Waals surface area contributed by atoms with Crippen LogP contribution in [0.3, 0.4) is 0 Å². The van der Waals surface area contributed by atoms with Crippen LogP contribution in [0.1, 0.15) is 31.9 Å². The van der Waals surface area contributed by atoms with Crippen LogP contribution in [0.15, 0.2) is 18.2 Å². The lowest BCUT2D eigenvalue weighted by Gasteiger charge is -2.23. The van der Waals surface area contributed by atoms with Crippen LogP contribution < -0.4 is 9.84 Å². The van der Waals surface area contributed by atoms with Crippen LogP contribution in [-0.4, -0.2) is 13.1 Å². The molecule has 1 rings (SSSR count). The molecular formula is C13H17O3-. The largest absolute Gasteiger partial charge is 0.550 e. The van der Waals surface area contributed by atoms with Gasteiger partial charge in [0.25, 0.3) is 0 Å². The maximum Gasteiger partial charge on any atom is 0.122 e. The van der Waals surface area contributed by atoms with Gasteiger partial charge < -0.3 is 14.6 Å². The molecule has 0 heterocycles. The predicted molar refractivity (Wildman–Crippen MR) is 60.4 cm³/mol. The number of carbonyl (C=O) groups is 1. The summed E-state index contributed by atoms with van der Waals surface area (Å²) in [6, 6.07) is 5.43. The molecule has 0 saturated carbocycles. The summed E-state index contributed by atoms with van der Waals surface area (Å²) >= 11 is 0. The maximum atomic E-state index is 10.5. The SMILES string of the molecule is COc1ccc(CC(=O)[O-])cc1C(C)(C)C. The summed E-state index contributed by atoms with van der Waals surface area (Å²) in [7, 11) is 1.61. The maximum absolute atomic E-state index is 10.5. The van der Waals surface area contributed by atoms with Crippen LogP contribution in [0, 0.1) is 0 Å². The summed E-state index contributed by atoms with van der Waals surface area (Å²) < 4.78 is 5.27. The molecule has 0 fully saturated rings. The molecule has 0 aliphatic carbocycles. The van der Waals surface area contributed by atoms with Gasteiger partial charge in [-0.05, 0) is 22.6 Å². The van der Waals surface area contributed by atoms with Gasteiger partial charge in [0.15, 0.2) is 0 Å². The monoisotopic (exact) mass is 221 g/mol. The number of carboxylic acids is 1. The van der Waals surface area contributed by atoms with Crippen molar-refractivity contribution in [2.75, 3.05) is 7.11 Å². The fourth-order valence-electron chi connectivity index (χ4n) is 1.62. The second kappa shape index (κ2) is 4.56. The Hall–Kier alpha value is -1.51. The lowest BCUT2D eigenvalue weighted by Crippen LogP contribution is -2.24. The second-order valence-electron chi connectivity index (χ2n) is 4.83. The van der Waals surface area contributed by atoms with E-state index in [1.807, 2.05) is 6.07 Å². The number of carbonyl (C=O) groups excluding carboxylic acids is 1. The fourth-order valence-corrected chi connectivity index (χ4v) is 1.62. The molecule has 0 saturated heterocycles. The van der Waals surface area contributed by atoms with E-state index in [1.54, 1.807) is 19.2 Å². The molecule has 0 atom stereocenters. The minimum Gasteiger partial charge on any atom is -0.550 e. The van der Waals surface area contributed by atoms with Crippen molar-refractivity contribution in [2.45, 2.75) is 32.6 Å². The van der Waals surface area contributed by atoms with Crippen LogP contribution in [-0.2, 0) is 16.6 Å². The Balaban J connectivity index is 3.16. The van der Waals surface area contributed by atoms with Crippen molar-refractivity contribution in [3.8, 4) is 5.75 Å². The first-order valence-corrected chi connectivity index (χ1v) is 5.22. The van der Waals surface area contributed by atoms with Gasteiger partial charge in [-0.2, -0.15) is 0 Å². The standard InChI is InChI=1S/C13H18O3/c1-13(2,3)10-7-9(8-12(14)15)5-6-11(10)16-4/h5-7H,8H2,1-4H3,(H,14,15)/p-1. The summed E-state index contributed by atoms with van der Waals surface area (Å²) in [4.78, 5) is 10.5. The van der Waals surface area contributed by atoms with Gasteiger partial charge in [0, 0.05) is 12.4 Å². The quantitative estimate of drug-likeness (QED) is 0.772. The van der Waals surface area contributed by atoms with Gasteiger partial charge in [0.1, 0.15) is 5.75 Å². The number of benzene rings is 1. The number of hydrogen-bond donors (Lipinski definition) is 0. The summed E-state index contributed by atoms with van der Waals surface area (Å²) in [5.74, 6) is -0.278. The van der Waals surface area contributed by atoms with Crippen LogP contribution in [0.4, 0.5) is 0 Å². The lowest BCUT2D eigenvalue weighted by molar-refractivity contribution is -0.304. The molecular weight excluding hydrogens is 204 g/mol. The normalized spacial score (nSPS) is 11.2. The molecule has 0 N–H and O–H groups in total. The van der Waals surface area contributed by atoms with E-state index < -0.39 is 5.97 Å². The third kappa shape index (κ3) is 2.99. The van der Waals surface area contributed by atoms with E-state index in [9.17, 15) is 9.90 Å². The number of rotatable bonds is 3. The highest BCUT2D eigenvalue weighted by molar-refractivity contribution is 5.68. The molecule has 1 aromatic rings. The van der Waals surface area contributed by atoms with Gasteiger partial charge in [0.05, 0.1) is 7.11 Å².